The Labute approximate surface area is 179 Å². The summed E-state index contributed by atoms with van der Waals surface area (Å²) in [6.45, 7) is 6.62. The number of benzene rings is 1. The monoisotopic (exact) mass is 450 g/mol. The minimum atomic E-state index is -3.34. The van der Waals surface area contributed by atoms with Crippen LogP contribution in [0.15, 0.2) is 52.5 Å². The number of nitrogens with one attached hydrogen (secondary N) is 1. The number of carbonyl (C=O) groups excluding carboxylic acids is 1. The zero-order valence-electron chi connectivity index (χ0n) is 17.1. The van der Waals surface area contributed by atoms with Crippen molar-refractivity contribution in [1.82, 2.24) is 4.40 Å². The van der Waals surface area contributed by atoms with Gasteiger partial charge in [-0.15, -0.1) is 0 Å². The number of pyridine rings is 1. The highest BCUT2D eigenvalue weighted by molar-refractivity contribution is 7.99. The van der Waals surface area contributed by atoms with Gasteiger partial charge in [-0.05, 0) is 62.7 Å². The standard InChI is InChI=1S/C21H23FN2O4S2/c1-5-30(26,27)23-17-7-9-18(10-8-17)29-21-13(2)20(14(3)28-15(4)25)19-11-6-16(22)12-24(19)21/h6-12,14,23H,5H2,1-4H3. The van der Waals surface area contributed by atoms with Gasteiger partial charge < -0.3 is 9.14 Å². The summed E-state index contributed by atoms with van der Waals surface area (Å²) < 4.78 is 47.0. The maximum atomic E-state index is 14.0. The van der Waals surface area contributed by atoms with Crippen molar-refractivity contribution < 1.29 is 22.3 Å². The molecule has 9 heteroatoms. The van der Waals surface area contributed by atoms with Gasteiger partial charge in [0, 0.05) is 29.3 Å². The van der Waals surface area contributed by atoms with Crippen LogP contribution in [0.4, 0.5) is 10.1 Å². The number of aromatic nitrogens is 1. The number of anilines is 1. The second-order valence-corrected chi connectivity index (χ2v) is 9.90. The second kappa shape index (κ2) is 8.69. The zero-order valence-corrected chi connectivity index (χ0v) is 18.7. The molecule has 2 aromatic heterocycles. The molecule has 0 bridgehead atoms. The zero-order chi connectivity index (χ0) is 22.1. The first kappa shape index (κ1) is 22.2. The van der Waals surface area contributed by atoms with Gasteiger partial charge in [-0.1, -0.05) is 11.8 Å². The molecule has 0 saturated heterocycles. The quantitative estimate of drug-likeness (QED) is 0.517. The topological polar surface area (TPSA) is 76.9 Å². The number of esters is 1. The Kier molecular flexibility index (Phi) is 6.42. The van der Waals surface area contributed by atoms with E-state index in [0.29, 0.717) is 5.69 Å². The number of hydrogen-bond donors (Lipinski definition) is 1. The smallest absolute Gasteiger partial charge is 0.303 e. The van der Waals surface area contributed by atoms with Crippen molar-refractivity contribution in [2.45, 2.75) is 43.7 Å². The number of hydrogen-bond acceptors (Lipinski definition) is 5. The number of halogens is 1. The molecule has 1 unspecified atom stereocenters. The van der Waals surface area contributed by atoms with E-state index in [1.807, 2.05) is 6.92 Å². The average molecular weight is 451 g/mol. The fraction of sp³-hybridized carbons (Fsp3) is 0.286. The lowest BCUT2D eigenvalue weighted by molar-refractivity contribution is -0.145. The first-order valence-corrected chi connectivity index (χ1v) is 11.8. The number of rotatable bonds is 7. The van der Waals surface area contributed by atoms with Crippen LogP contribution in [0.5, 0.6) is 0 Å². The molecule has 0 fully saturated rings. The molecule has 0 aliphatic rings. The largest absolute Gasteiger partial charge is 0.458 e. The summed E-state index contributed by atoms with van der Waals surface area (Å²) in [4.78, 5) is 12.3. The first-order chi connectivity index (χ1) is 14.1. The Morgan fingerprint density at radius 3 is 2.50 bits per heavy atom. The van der Waals surface area contributed by atoms with Crippen molar-refractivity contribution in [3.63, 3.8) is 0 Å². The number of carbonyl (C=O) groups is 1. The third kappa shape index (κ3) is 4.79. The van der Waals surface area contributed by atoms with E-state index in [0.717, 1.165) is 26.6 Å². The van der Waals surface area contributed by atoms with Gasteiger partial charge in [-0.3, -0.25) is 9.52 Å². The van der Waals surface area contributed by atoms with Gasteiger partial charge in [-0.2, -0.15) is 0 Å². The van der Waals surface area contributed by atoms with E-state index in [-0.39, 0.29) is 17.5 Å². The van der Waals surface area contributed by atoms with Crippen LogP contribution in [-0.2, 0) is 19.6 Å². The first-order valence-electron chi connectivity index (χ1n) is 9.37. The second-order valence-electron chi connectivity index (χ2n) is 6.83. The molecule has 0 aliphatic carbocycles. The fourth-order valence-electron chi connectivity index (χ4n) is 3.25. The number of fused-ring (bicyclic) bond motifs is 1. The highest BCUT2D eigenvalue weighted by Gasteiger charge is 2.22. The maximum Gasteiger partial charge on any atom is 0.303 e. The van der Waals surface area contributed by atoms with Crippen LogP contribution in [-0.4, -0.2) is 24.5 Å². The molecule has 1 atom stereocenters. The van der Waals surface area contributed by atoms with Crippen molar-refractivity contribution in [3.8, 4) is 0 Å². The third-order valence-electron chi connectivity index (χ3n) is 4.60. The fourth-order valence-corrected chi connectivity index (χ4v) is 4.90. The normalized spacial score (nSPS) is 12.7. The van der Waals surface area contributed by atoms with Crippen molar-refractivity contribution in [2.24, 2.45) is 0 Å². The van der Waals surface area contributed by atoms with Gasteiger partial charge >= 0.3 is 5.97 Å². The lowest BCUT2D eigenvalue weighted by atomic mass is 10.1. The summed E-state index contributed by atoms with van der Waals surface area (Å²) in [7, 11) is -3.34. The molecule has 2 heterocycles. The Balaban J connectivity index is 1.99. The van der Waals surface area contributed by atoms with Crippen molar-refractivity contribution in [3.05, 3.63) is 59.5 Å². The average Bonchev–Trinajstić information content (AvgIpc) is 2.94. The Bertz CT molecular complexity index is 1190. The summed E-state index contributed by atoms with van der Waals surface area (Å²) in [5.41, 5.74) is 2.95. The van der Waals surface area contributed by atoms with Crippen molar-refractivity contribution in [1.29, 1.82) is 0 Å². The molecular formula is C21H23FN2O4S2. The number of sulfonamides is 1. The predicted octanol–water partition coefficient (Wildman–Crippen LogP) is 4.92. The Hall–Kier alpha value is -2.52. The molecule has 6 nitrogen and oxygen atoms in total. The van der Waals surface area contributed by atoms with E-state index in [2.05, 4.69) is 4.72 Å². The van der Waals surface area contributed by atoms with Crippen LogP contribution in [0, 0.1) is 12.7 Å². The van der Waals surface area contributed by atoms with E-state index in [1.165, 1.54) is 30.9 Å². The SMILES string of the molecule is CCS(=O)(=O)Nc1ccc(Sc2c(C)c(C(C)OC(C)=O)c3ccc(F)cn23)cc1. The van der Waals surface area contributed by atoms with Crippen LogP contribution in [0.3, 0.4) is 0 Å². The summed E-state index contributed by atoms with van der Waals surface area (Å²) in [5, 5.41) is 0.792. The van der Waals surface area contributed by atoms with E-state index in [4.69, 9.17) is 4.74 Å². The van der Waals surface area contributed by atoms with E-state index in [9.17, 15) is 17.6 Å². The molecule has 0 amide bonds. The van der Waals surface area contributed by atoms with Gasteiger partial charge in [0.05, 0.1) is 16.3 Å². The molecule has 1 aromatic carbocycles. The molecule has 1 N–H and O–H groups in total. The van der Waals surface area contributed by atoms with Gasteiger partial charge in [0.1, 0.15) is 11.9 Å². The molecule has 30 heavy (non-hydrogen) atoms. The summed E-state index contributed by atoms with van der Waals surface area (Å²) in [5.74, 6) is -0.772. The molecule has 3 aromatic rings. The van der Waals surface area contributed by atoms with Crippen LogP contribution in [0.25, 0.3) is 5.52 Å². The summed E-state index contributed by atoms with van der Waals surface area (Å²) in [6, 6.07) is 10.0. The highest BCUT2D eigenvalue weighted by atomic mass is 32.2. The molecule has 0 spiro atoms. The van der Waals surface area contributed by atoms with Crippen LogP contribution in [0.1, 0.15) is 38.0 Å². The summed E-state index contributed by atoms with van der Waals surface area (Å²) >= 11 is 1.42. The van der Waals surface area contributed by atoms with E-state index < -0.39 is 16.1 Å². The van der Waals surface area contributed by atoms with Gasteiger partial charge in [-0.25, -0.2) is 12.8 Å². The molecule has 3 rings (SSSR count). The number of nitrogens with zero attached hydrogens (tertiary/aromatic N) is 1. The Morgan fingerprint density at radius 2 is 1.90 bits per heavy atom. The van der Waals surface area contributed by atoms with Crippen LogP contribution >= 0.6 is 11.8 Å². The number of ether oxygens (including phenoxy) is 1. The molecular weight excluding hydrogens is 427 g/mol. The predicted molar refractivity (Wildman–Crippen MR) is 116 cm³/mol. The molecule has 0 aliphatic heterocycles. The lowest BCUT2D eigenvalue weighted by Crippen LogP contribution is -2.14. The summed E-state index contributed by atoms with van der Waals surface area (Å²) in [6.07, 6.45) is 0.918. The van der Waals surface area contributed by atoms with E-state index >= 15 is 0 Å². The van der Waals surface area contributed by atoms with Crippen molar-refractivity contribution >= 4 is 39.0 Å². The van der Waals surface area contributed by atoms with E-state index in [1.54, 1.807) is 48.6 Å². The maximum absolute atomic E-state index is 14.0. The third-order valence-corrected chi connectivity index (χ3v) is 7.11. The van der Waals surface area contributed by atoms with Crippen LogP contribution < -0.4 is 4.72 Å². The van der Waals surface area contributed by atoms with Gasteiger partial charge in [0.2, 0.25) is 10.0 Å². The van der Waals surface area contributed by atoms with Gasteiger partial charge in [0.25, 0.3) is 0 Å². The van der Waals surface area contributed by atoms with Crippen molar-refractivity contribution in [2.75, 3.05) is 10.5 Å². The minimum Gasteiger partial charge on any atom is -0.458 e. The molecule has 0 saturated carbocycles. The lowest BCUT2D eigenvalue weighted by Gasteiger charge is -2.12. The van der Waals surface area contributed by atoms with Gasteiger partial charge in [0.15, 0.2) is 0 Å². The minimum absolute atomic E-state index is 0.00625. The highest BCUT2D eigenvalue weighted by Crippen LogP contribution is 2.39. The molecule has 0 radical (unpaired) electrons. The Morgan fingerprint density at radius 1 is 1.23 bits per heavy atom. The molecule has 160 valence electrons. The van der Waals surface area contributed by atoms with Crippen LogP contribution in [0.2, 0.25) is 0 Å².